The molecule has 0 radical (unpaired) electrons. The lowest BCUT2D eigenvalue weighted by atomic mass is 10.0. The maximum Gasteiger partial charge on any atom is 0.261 e. The van der Waals surface area contributed by atoms with E-state index in [0.717, 1.165) is 32.1 Å². The van der Waals surface area contributed by atoms with Crippen LogP contribution in [0.4, 0.5) is 0 Å². The molecule has 1 aromatic carbocycles. The zero-order chi connectivity index (χ0) is 24.5. The van der Waals surface area contributed by atoms with Crippen LogP contribution in [0.1, 0.15) is 67.2 Å². The van der Waals surface area contributed by atoms with Crippen LogP contribution in [0.15, 0.2) is 41.8 Å². The quantitative estimate of drug-likeness (QED) is 0.500. The van der Waals surface area contributed by atoms with Gasteiger partial charge in [-0.25, -0.2) is 0 Å². The highest BCUT2D eigenvalue weighted by Gasteiger charge is 2.33. The number of hydrogen-bond donors (Lipinski definition) is 2. The Hall–Kier alpha value is -2.87. The van der Waals surface area contributed by atoms with Crippen LogP contribution in [0.2, 0.25) is 0 Å². The van der Waals surface area contributed by atoms with E-state index in [0.29, 0.717) is 28.7 Å². The summed E-state index contributed by atoms with van der Waals surface area (Å²) in [5.74, 6) is 0.195. The van der Waals surface area contributed by atoms with Crippen molar-refractivity contribution in [1.82, 2.24) is 15.5 Å². The van der Waals surface area contributed by atoms with Crippen LogP contribution in [0, 0.1) is 5.92 Å². The van der Waals surface area contributed by atoms with Gasteiger partial charge >= 0.3 is 0 Å². The van der Waals surface area contributed by atoms with E-state index in [4.69, 9.17) is 4.74 Å². The van der Waals surface area contributed by atoms with Crippen molar-refractivity contribution in [3.8, 4) is 5.75 Å². The van der Waals surface area contributed by atoms with Gasteiger partial charge in [0.1, 0.15) is 11.8 Å². The molecule has 2 N–H and O–H groups in total. The third-order valence-corrected chi connectivity index (χ3v) is 6.95. The topological polar surface area (TPSA) is 87.7 Å². The summed E-state index contributed by atoms with van der Waals surface area (Å²) in [6, 6.07) is 10.1. The highest BCUT2D eigenvalue weighted by molar-refractivity contribution is 7.12. The molecule has 3 rings (SSSR count). The summed E-state index contributed by atoms with van der Waals surface area (Å²) in [7, 11) is 1.58. The zero-order valence-corrected chi connectivity index (χ0v) is 21.0. The maximum absolute atomic E-state index is 13.6. The molecule has 1 aromatic heterocycles. The first kappa shape index (κ1) is 25.7. The molecule has 1 aliphatic carbocycles. The number of hydrogen-bond acceptors (Lipinski definition) is 5. The van der Waals surface area contributed by atoms with Gasteiger partial charge in [0.15, 0.2) is 0 Å². The van der Waals surface area contributed by atoms with Crippen LogP contribution in [0.5, 0.6) is 5.75 Å². The summed E-state index contributed by atoms with van der Waals surface area (Å²) in [5.41, 5.74) is 0.691. The van der Waals surface area contributed by atoms with Crippen LogP contribution < -0.4 is 15.4 Å². The lowest BCUT2D eigenvalue weighted by Crippen LogP contribution is -2.49. The minimum Gasteiger partial charge on any atom is -0.497 e. The summed E-state index contributed by atoms with van der Waals surface area (Å²) >= 11 is 1.32. The Balaban J connectivity index is 1.86. The fourth-order valence-corrected chi connectivity index (χ4v) is 4.82. The lowest BCUT2D eigenvalue weighted by molar-refractivity contribution is -0.140. The molecule has 0 spiro atoms. The van der Waals surface area contributed by atoms with Crippen LogP contribution in [0.25, 0.3) is 0 Å². The van der Waals surface area contributed by atoms with Gasteiger partial charge in [0.25, 0.3) is 5.91 Å². The standard InChI is InChI=1S/C26H35N3O4S/c1-18(2)13-14-29(23(30)17-27-25(31)22-12-7-15-34-22)24(19-8-6-11-21(16-19)33-3)26(32)28-20-9-4-5-10-20/h6-8,11-12,15-16,18,20,24H,4-5,9-10,13-14,17H2,1-3H3,(H,27,31)(H,28,32). The van der Waals surface area contributed by atoms with Crippen LogP contribution in [0.3, 0.4) is 0 Å². The van der Waals surface area contributed by atoms with Gasteiger partial charge < -0.3 is 20.3 Å². The van der Waals surface area contributed by atoms with Gasteiger partial charge in [-0.05, 0) is 54.3 Å². The van der Waals surface area contributed by atoms with E-state index >= 15 is 0 Å². The SMILES string of the molecule is COc1cccc(C(C(=O)NC2CCCC2)N(CCC(C)C)C(=O)CNC(=O)c2cccs2)c1. The fourth-order valence-electron chi connectivity index (χ4n) is 4.18. The number of thiophene rings is 1. The Morgan fingerprint density at radius 1 is 1.15 bits per heavy atom. The van der Waals surface area contributed by atoms with E-state index in [2.05, 4.69) is 24.5 Å². The highest BCUT2D eigenvalue weighted by atomic mass is 32.1. The summed E-state index contributed by atoms with van der Waals surface area (Å²) in [6.45, 7) is 4.40. The van der Waals surface area contributed by atoms with E-state index in [1.54, 1.807) is 30.2 Å². The third kappa shape index (κ3) is 7.06. The molecular weight excluding hydrogens is 450 g/mol. The number of amides is 3. The van der Waals surface area contributed by atoms with Gasteiger partial charge in [-0.3, -0.25) is 14.4 Å². The average molecular weight is 486 g/mol. The van der Waals surface area contributed by atoms with Crippen molar-refractivity contribution in [3.63, 3.8) is 0 Å². The number of benzene rings is 1. The molecule has 1 heterocycles. The summed E-state index contributed by atoms with van der Waals surface area (Å²) in [4.78, 5) is 41.6. The van der Waals surface area contributed by atoms with E-state index in [-0.39, 0.29) is 30.3 Å². The normalized spacial score (nSPS) is 14.6. The number of nitrogens with one attached hydrogen (secondary N) is 2. The maximum atomic E-state index is 13.6. The summed E-state index contributed by atoms with van der Waals surface area (Å²) in [5, 5.41) is 7.70. The van der Waals surface area contributed by atoms with E-state index < -0.39 is 6.04 Å². The van der Waals surface area contributed by atoms with Crippen molar-refractivity contribution in [1.29, 1.82) is 0 Å². The van der Waals surface area contributed by atoms with E-state index in [1.165, 1.54) is 11.3 Å². The number of carbonyl (C=O) groups is 3. The molecule has 0 aliphatic heterocycles. The van der Waals surface area contributed by atoms with Gasteiger partial charge in [0.2, 0.25) is 11.8 Å². The molecule has 1 saturated carbocycles. The molecule has 1 atom stereocenters. The zero-order valence-electron chi connectivity index (χ0n) is 20.2. The first-order chi connectivity index (χ1) is 16.4. The molecular formula is C26H35N3O4S. The molecule has 184 valence electrons. The Morgan fingerprint density at radius 3 is 2.56 bits per heavy atom. The number of methoxy groups -OCH3 is 1. The van der Waals surface area contributed by atoms with Gasteiger partial charge in [-0.15, -0.1) is 11.3 Å². The average Bonchev–Trinajstić information content (AvgIpc) is 3.54. The van der Waals surface area contributed by atoms with Crippen molar-refractivity contribution >= 4 is 29.1 Å². The second-order valence-corrected chi connectivity index (χ2v) is 10.0. The van der Waals surface area contributed by atoms with Crippen LogP contribution >= 0.6 is 11.3 Å². The largest absolute Gasteiger partial charge is 0.497 e. The van der Waals surface area contributed by atoms with Gasteiger partial charge in [0.05, 0.1) is 18.5 Å². The van der Waals surface area contributed by atoms with Crippen LogP contribution in [-0.2, 0) is 9.59 Å². The monoisotopic (exact) mass is 485 g/mol. The van der Waals surface area contributed by atoms with E-state index in [9.17, 15) is 14.4 Å². The molecule has 0 bridgehead atoms. The van der Waals surface area contributed by atoms with Crippen molar-refractivity contribution in [2.24, 2.45) is 5.92 Å². The number of carbonyl (C=O) groups excluding carboxylic acids is 3. The second-order valence-electron chi connectivity index (χ2n) is 9.10. The Morgan fingerprint density at radius 2 is 1.91 bits per heavy atom. The van der Waals surface area contributed by atoms with Crippen LogP contribution in [-0.4, -0.2) is 48.9 Å². The number of ether oxygens (including phenoxy) is 1. The lowest BCUT2D eigenvalue weighted by Gasteiger charge is -2.33. The smallest absolute Gasteiger partial charge is 0.261 e. The molecule has 2 aromatic rings. The predicted octanol–water partition coefficient (Wildman–Crippen LogP) is 4.16. The Kier molecular flexibility index (Phi) is 9.51. The summed E-state index contributed by atoms with van der Waals surface area (Å²) in [6.07, 6.45) is 4.83. The predicted molar refractivity (Wildman–Crippen MR) is 134 cm³/mol. The minimum atomic E-state index is -0.805. The van der Waals surface area contributed by atoms with Crippen molar-refractivity contribution in [2.45, 2.75) is 58.0 Å². The minimum absolute atomic E-state index is 0.126. The van der Waals surface area contributed by atoms with Gasteiger partial charge in [-0.1, -0.05) is 44.9 Å². The second kappa shape index (κ2) is 12.6. The molecule has 1 fully saturated rings. The Bertz CT molecular complexity index is 955. The molecule has 7 nitrogen and oxygen atoms in total. The third-order valence-electron chi connectivity index (χ3n) is 6.08. The summed E-state index contributed by atoms with van der Waals surface area (Å²) < 4.78 is 5.39. The first-order valence-electron chi connectivity index (χ1n) is 11.9. The first-order valence-corrected chi connectivity index (χ1v) is 12.8. The highest BCUT2D eigenvalue weighted by Crippen LogP contribution is 2.27. The van der Waals surface area contributed by atoms with Crippen molar-refractivity contribution in [3.05, 3.63) is 52.2 Å². The molecule has 1 unspecified atom stereocenters. The van der Waals surface area contributed by atoms with E-state index in [1.807, 2.05) is 23.6 Å². The molecule has 0 saturated heterocycles. The Labute approximate surface area is 205 Å². The van der Waals surface area contributed by atoms with Crippen molar-refractivity contribution < 1.29 is 19.1 Å². The van der Waals surface area contributed by atoms with Crippen molar-refractivity contribution in [2.75, 3.05) is 20.2 Å². The molecule has 8 heteroatoms. The van der Waals surface area contributed by atoms with Gasteiger partial charge in [-0.2, -0.15) is 0 Å². The molecule has 1 aliphatic rings. The molecule has 34 heavy (non-hydrogen) atoms. The number of nitrogens with zero attached hydrogens (tertiary/aromatic N) is 1. The van der Waals surface area contributed by atoms with Gasteiger partial charge in [0, 0.05) is 12.6 Å². The molecule has 3 amide bonds. The number of rotatable bonds is 11. The fraction of sp³-hybridized carbons (Fsp3) is 0.500.